The van der Waals surface area contributed by atoms with Crippen molar-refractivity contribution in [3.05, 3.63) is 56.7 Å². The standard InChI is InChI=1S/C17H20INO2/c1-11-8-15(20-3)16(21-4)10-14(11)17(19-2)12-6-5-7-13(18)9-12/h5-10,17,19H,1-4H3. The zero-order chi connectivity index (χ0) is 15.4. The molecule has 0 aromatic heterocycles. The SMILES string of the molecule is CNC(c1cccc(I)c1)c1cc(OC)c(OC)cc1C. The van der Waals surface area contributed by atoms with Crippen LogP contribution in [0.25, 0.3) is 0 Å². The second-order valence-corrected chi connectivity index (χ2v) is 6.09. The van der Waals surface area contributed by atoms with E-state index in [1.165, 1.54) is 20.3 Å². The number of ether oxygens (including phenoxy) is 2. The van der Waals surface area contributed by atoms with Crippen molar-refractivity contribution in [2.75, 3.05) is 21.3 Å². The fourth-order valence-electron chi connectivity index (χ4n) is 2.50. The average molecular weight is 397 g/mol. The Hall–Kier alpha value is -1.27. The molecule has 0 aliphatic rings. The molecule has 0 saturated heterocycles. The zero-order valence-electron chi connectivity index (χ0n) is 12.7. The maximum Gasteiger partial charge on any atom is 0.161 e. The lowest BCUT2D eigenvalue weighted by Crippen LogP contribution is -2.19. The summed E-state index contributed by atoms with van der Waals surface area (Å²) in [5.74, 6) is 1.51. The summed E-state index contributed by atoms with van der Waals surface area (Å²) >= 11 is 2.34. The predicted octanol–water partition coefficient (Wildman–Crippen LogP) is 3.93. The molecule has 0 aliphatic carbocycles. The van der Waals surface area contributed by atoms with Crippen molar-refractivity contribution in [3.8, 4) is 11.5 Å². The predicted molar refractivity (Wildman–Crippen MR) is 94.3 cm³/mol. The smallest absolute Gasteiger partial charge is 0.161 e. The van der Waals surface area contributed by atoms with Gasteiger partial charge in [0.2, 0.25) is 0 Å². The first kappa shape index (κ1) is 16.1. The molecule has 21 heavy (non-hydrogen) atoms. The van der Waals surface area contributed by atoms with E-state index < -0.39 is 0 Å². The van der Waals surface area contributed by atoms with Crippen LogP contribution in [0.4, 0.5) is 0 Å². The molecule has 1 atom stereocenters. The first-order chi connectivity index (χ1) is 10.1. The molecule has 112 valence electrons. The van der Waals surface area contributed by atoms with Crippen LogP contribution < -0.4 is 14.8 Å². The minimum Gasteiger partial charge on any atom is -0.493 e. The molecule has 0 aliphatic heterocycles. The molecule has 0 radical (unpaired) electrons. The van der Waals surface area contributed by atoms with Crippen LogP contribution in [0.3, 0.4) is 0 Å². The van der Waals surface area contributed by atoms with E-state index in [2.05, 4.69) is 65.2 Å². The molecule has 0 fully saturated rings. The van der Waals surface area contributed by atoms with E-state index in [-0.39, 0.29) is 6.04 Å². The molecule has 3 nitrogen and oxygen atoms in total. The number of hydrogen-bond donors (Lipinski definition) is 1. The Kier molecular flexibility index (Phi) is 5.47. The van der Waals surface area contributed by atoms with Crippen LogP contribution in [-0.2, 0) is 0 Å². The number of aryl methyl sites for hydroxylation is 1. The summed E-state index contributed by atoms with van der Waals surface area (Å²) in [7, 11) is 5.30. The van der Waals surface area contributed by atoms with Crippen molar-refractivity contribution in [1.82, 2.24) is 5.32 Å². The average Bonchev–Trinajstić information content (AvgIpc) is 2.49. The van der Waals surface area contributed by atoms with E-state index >= 15 is 0 Å². The molecule has 4 heteroatoms. The lowest BCUT2D eigenvalue weighted by atomic mass is 9.94. The molecule has 1 N–H and O–H groups in total. The third kappa shape index (κ3) is 3.49. The van der Waals surface area contributed by atoms with E-state index in [0.717, 1.165) is 11.5 Å². The van der Waals surface area contributed by atoms with E-state index in [9.17, 15) is 0 Å². The summed E-state index contributed by atoms with van der Waals surface area (Å²) in [5.41, 5.74) is 3.60. The van der Waals surface area contributed by atoms with Gasteiger partial charge in [0.05, 0.1) is 20.3 Å². The van der Waals surface area contributed by atoms with Gasteiger partial charge in [-0.1, -0.05) is 12.1 Å². The highest BCUT2D eigenvalue weighted by Gasteiger charge is 2.17. The van der Waals surface area contributed by atoms with Gasteiger partial charge in [-0.2, -0.15) is 0 Å². The summed E-state index contributed by atoms with van der Waals surface area (Å²) in [6.07, 6.45) is 0. The molecule has 2 aromatic carbocycles. The Labute approximate surface area is 139 Å². The van der Waals surface area contributed by atoms with Gasteiger partial charge in [-0.15, -0.1) is 0 Å². The van der Waals surface area contributed by atoms with Crippen molar-refractivity contribution in [2.24, 2.45) is 0 Å². The van der Waals surface area contributed by atoms with Gasteiger partial charge in [0.25, 0.3) is 0 Å². The third-order valence-corrected chi connectivity index (χ3v) is 4.22. The highest BCUT2D eigenvalue weighted by molar-refractivity contribution is 14.1. The van der Waals surface area contributed by atoms with E-state index in [0.29, 0.717) is 0 Å². The zero-order valence-corrected chi connectivity index (χ0v) is 14.9. The Morgan fingerprint density at radius 2 is 1.71 bits per heavy atom. The van der Waals surface area contributed by atoms with Crippen LogP contribution in [0, 0.1) is 10.5 Å². The van der Waals surface area contributed by atoms with Crippen molar-refractivity contribution in [3.63, 3.8) is 0 Å². The Bertz CT molecular complexity index is 628. The number of nitrogens with one attached hydrogen (secondary N) is 1. The summed E-state index contributed by atoms with van der Waals surface area (Å²) < 4.78 is 12.0. The van der Waals surface area contributed by atoms with Gasteiger partial charge < -0.3 is 14.8 Å². The fraction of sp³-hybridized carbons (Fsp3) is 0.294. The van der Waals surface area contributed by atoms with Gasteiger partial charge >= 0.3 is 0 Å². The molecular weight excluding hydrogens is 377 g/mol. The van der Waals surface area contributed by atoms with Gasteiger partial charge in [0.15, 0.2) is 11.5 Å². The lowest BCUT2D eigenvalue weighted by Gasteiger charge is -2.21. The molecule has 0 heterocycles. The molecule has 0 spiro atoms. The minimum absolute atomic E-state index is 0.125. The normalized spacial score (nSPS) is 12.0. The molecule has 2 rings (SSSR count). The maximum atomic E-state index is 5.43. The highest BCUT2D eigenvalue weighted by atomic mass is 127. The molecule has 0 saturated carbocycles. The van der Waals surface area contributed by atoms with Gasteiger partial charge in [-0.3, -0.25) is 0 Å². The van der Waals surface area contributed by atoms with Crippen molar-refractivity contribution in [2.45, 2.75) is 13.0 Å². The first-order valence-electron chi connectivity index (χ1n) is 6.76. The topological polar surface area (TPSA) is 30.5 Å². The van der Waals surface area contributed by atoms with Gasteiger partial charge in [0, 0.05) is 3.57 Å². The number of methoxy groups -OCH3 is 2. The summed E-state index contributed by atoms with van der Waals surface area (Å²) in [5, 5.41) is 3.39. The molecule has 0 bridgehead atoms. The van der Waals surface area contributed by atoms with Gasteiger partial charge in [-0.05, 0) is 77.5 Å². The van der Waals surface area contributed by atoms with E-state index in [4.69, 9.17) is 9.47 Å². The summed E-state index contributed by atoms with van der Waals surface area (Å²) in [6.45, 7) is 2.09. The van der Waals surface area contributed by atoms with Crippen molar-refractivity contribution < 1.29 is 9.47 Å². The Morgan fingerprint density at radius 1 is 1.05 bits per heavy atom. The number of rotatable bonds is 5. The van der Waals surface area contributed by atoms with Crippen LogP contribution in [0.15, 0.2) is 36.4 Å². The Balaban J connectivity index is 2.52. The fourth-order valence-corrected chi connectivity index (χ4v) is 3.06. The van der Waals surface area contributed by atoms with Crippen LogP contribution in [0.5, 0.6) is 11.5 Å². The highest BCUT2D eigenvalue weighted by Crippen LogP contribution is 2.35. The van der Waals surface area contributed by atoms with E-state index in [1.807, 2.05) is 13.1 Å². The first-order valence-corrected chi connectivity index (χ1v) is 7.83. The second kappa shape index (κ2) is 7.13. The third-order valence-electron chi connectivity index (χ3n) is 3.55. The quantitative estimate of drug-likeness (QED) is 0.776. The monoisotopic (exact) mass is 397 g/mol. The Morgan fingerprint density at radius 3 is 2.29 bits per heavy atom. The van der Waals surface area contributed by atoms with Crippen LogP contribution >= 0.6 is 22.6 Å². The van der Waals surface area contributed by atoms with Gasteiger partial charge in [0.1, 0.15) is 0 Å². The number of benzene rings is 2. The van der Waals surface area contributed by atoms with Crippen LogP contribution in [0.2, 0.25) is 0 Å². The summed E-state index contributed by atoms with van der Waals surface area (Å²) in [6, 6.07) is 12.7. The van der Waals surface area contributed by atoms with Crippen molar-refractivity contribution in [1.29, 1.82) is 0 Å². The molecule has 0 amide bonds. The second-order valence-electron chi connectivity index (χ2n) is 4.84. The largest absolute Gasteiger partial charge is 0.493 e. The van der Waals surface area contributed by atoms with Crippen LogP contribution in [-0.4, -0.2) is 21.3 Å². The molecule has 1 unspecified atom stereocenters. The van der Waals surface area contributed by atoms with E-state index in [1.54, 1.807) is 14.2 Å². The van der Waals surface area contributed by atoms with Gasteiger partial charge in [-0.25, -0.2) is 0 Å². The summed E-state index contributed by atoms with van der Waals surface area (Å²) in [4.78, 5) is 0. The number of halogens is 1. The lowest BCUT2D eigenvalue weighted by molar-refractivity contribution is 0.354. The maximum absolute atomic E-state index is 5.43. The molecule has 2 aromatic rings. The van der Waals surface area contributed by atoms with Crippen LogP contribution in [0.1, 0.15) is 22.7 Å². The minimum atomic E-state index is 0.125. The molecular formula is C17H20INO2. The van der Waals surface area contributed by atoms with Crippen molar-refractivity contribution >= 4 is 22.6 Å². The number of hydrogen-bond acceptors (Lipinski definition) is 3.